The van der Waals surface area contributed by atoms with Crippen LogP contribution in [0.2, 0.25) is 0 Å². The number of aromatic nitrogens is 1. The van der Waals surface area contributed by atoms with E-state index in [9.17, 15) is 8.42 Å². The molecule has 0 aromatic carbocycles. The monoisotopic (exact) mass is 242 g/mol. The van der Waals surface area contributed by atoms with Crippen LogP contribution in [-0.4, -0.2) is 32.5 Å². The Balaban J connectivity index is 2.79. The van der Waals surface area contributed by atoms with E-state index in [0.717, 1.165) is 11.1 Å². The maximum Gasteiger partial charge on any atom is 0.147 e. The zero-order valence-corrected chi connectivity index (χ0v) is 10.7. The quantitative estimate of drug-likeness (QED) is 0.839. The van der Waals surface area contributed by atoms with Crippen molar-refractivity contribution in [3.63, 3.8) is 0 Å². The Morgan fingerprint density at radius 1 is 1.50 bits per heavy atom. The zero-order chi connectivity index (χ0) is 12.2. The highest BCUT2D eigenvalue weighted by molar-refractivity contribution is 7.90. The third-order valence-electron chi connectivity index (χ3n) is 2.56. The van der Waals surface area contributed by atoms with Crippen LogP contribution in [0.1, 0.15) is 23.6 Å². The lowest BCUT2D eigenvalue weighted by Gasteiger charge is -2.17. The molecular weight excluding hydrogens is 224 g/mol. The van der Waals surface area contributed by atoms with Crippen LogP contribution in [0.5, 0.6) is 0 Å². The highest BCUT2D eigenvalue weighted by Crippen LogP contribution is 2.19. The molecule has 0 bridgehead atoms. The summed E-state index contributed by atoms with van der Waals surface area (Å²) in [4.78, 5) is 4.02. The van der Waals surface area contributed by atoms with E-state index >= 15 is 0 Å². The summed E-state index contributed by atoms with van der Waals surface area (Å²) in [5, 5.41) is 3.14. The smallest absolute Gasteiger partial charge is 0.147 e. The molecule has 5 heteroatoms. The average molecular weight is 242 g/mol. The number of hydrogen-bond acceptors (Lipinski definition) is 4. The van der Waals surface area contributed by atoms with Crippen LogP contribution in [0.25, 0.3) is 0 Å². The number of aryl methyl sites for hydroxylation is 1. The van der Waals surface area contributed by atoms with Gasteiger partial charge < -0.3 is 5.32 Å². The van der Waals surface area contributed by atoms with Gasteiger partial charge in [-0.05, 0) is 37.6 Å². The molecular formula is C11H18N2O2S. The average Bonchev–Trinajstić information content (AvgIpc) is 2.20. The van der Waals surface area contributed by atoms with Gasteiger partial charge in [-0.15, -0.1) is 0 Å². The SMILES string of the molecule is CNC(CCS(C)(=O)=O)c1ccncc1C. The van der Waals surface area contributed by atoms with E-state index in [1.165, 1.54) is 6.26 Å². The molecule has 1 aromatic heterocycles. The van der Waals surface area contributed by atoms with Crippen molar-refractivity contribution >= 4 is 9.84 Å². The first-order valence-electron chi connectivity index (χ1n) is 5.19. The summed E-state index contributed by atoms with van der Waals surface area (Å²) in [5.41, 5.74) is 2.19. The van der Waals surface area contributed by atoms with Gasteiger partial charge in [-0.25, -0.2) is 8.42 Å². The Labute approximate surface area is 97.0 Å². The van der Waals surface area contributed by atoms with E-state index in [-0.39, 0.29) is 11.8 Å². The van der Waals surface area contributed by atoms with Crippen LogP contribution >= 0.6 is 0 Å². The Kier molecular flexibility index (Phi) is 4.44. The molecule has 16 heavy (non-hydrogen) atoms. The van der Waals surface area contributed by atoms with Crippen molar-refractivity contribution < 1.29 is 8.42 Å². The van der Waals surface area contributed by atoms with Crippen LogP contribution in [0.4, 0.5) is 0 Å². The number of hydrogen-bond donors (Lipinski definition) is 1. The topological polar surface area (TPSA) is 59.1 Å². The van der Waals surface area contributed by atoms with Crippen molar-refractivity contribution in [3.8, 4) is 0 Å². The molecule has 90 valence electrons. The summed E-state index contributed by atoms with van der Waals surface area (Å²) >= 11 is 0. The summed E-state index contributed by atoms with van der Waals surface area (Å²) in [6, 6.07) is 2.00. The Morgan fingerprint density at radius 3 is 2.69 bits per heavy atom. The lowest BCUT2D eigenvalue weighted by molar-refractivity contribution is 0.556. The summed E-state index contributed by atoms with van der Waals surface area (Å²) in [6.07, 6.45) is 5.37. The summed E-state index contributed by atoms with van der Waals surface area (Å²) in [6.45, 7) is 1.98. The summed E-state index contributed by atoms with van der Waals surface area (Å²) < 4.78 is 22.3. The summed E-state index contributed by atoms with van der Waals surface area (Å²) in [5.74, 6) is 0.195. The molecule has 0 fully saturated rings. The lowest BCUT2D eigenvalue weighted by atomic mass is 10.0. The molecule has 0 aliphatic carbocycles. The molecule has 1 rings (SSSR count). The van der Waals surface area contributed by atoms with E-state index in [2.05, 4.69) is 10.3 Å². The fourth-order valence-electron chi connectivity index (χ4n) is 1.66. The molecule has 0 aliphatic heterocycles. The first kappa shape index (κ1) is 13.1. The van der Waals surface area contributed by atoms with Crippen LogP contribution in [0.15, 0.2) is 18.5 Å². The fourth-order valence-corrected chi connectivity index (χ4v) is 2.33. The number of nitrogens with one attached hydrogen (secondary N) is 1. The second-order valence-corrected chi connectivity index (χ2v) is 6.25. The predicted molar refractivity (Wildman–Crippen MR) is 65.1 cm³/mol. The molecule has 0 radical (unpaired) electrons. The number of rotatable bonds is 5. The Bertz CT molecular complexity index is 443. The molecule has 0 aliphatic rings. The van der Waals surface area contributed by atoms with Gasteiger partial charge in [0, 0.05) is 24.7 Å². The minimum atomic E-state index is -2.91. The van der Waals surface area contributed by atoms with Gasteiger partial charge in [0.25, 0.3) is 0 Å². The third kappa shape index (κ3) is 3.90. The van der Waals surface area contributed by atoms with Crippen molar-refractivity contribution in [1.29, 1.82) is 0 Å². The Morgan fingerprint density at radius 2 is 2.19 bits per heavy atom. The van der Waals surface area contributed by atoms with Crippen LogP contribution < -0.4 is 5.32 Å². The van der Waals surface area contributed by atoms with Gasteiger partial charge in [-0.1, -0.05) is 0 Å². The second kappa shape index (κ2) is 5.41. The van der Waals surface area contributed by atoms with Gasteiger partial charge in [0.1, 0.15) is 9.84 Å². The maximum atomic E-state index is 11.1. The van der Waals surface area contributed by atoms with Crippen LogP contribution in [-0.2, 0) is 9.84 Å². The molecule has 0 saturated heterocycles. The van der Waals surface area contributed by atoms with E-state index in [0.29, 0.717) is 6.42 Å². The molecule has 1 atom stereocenters. The van der Waals surface area contributed by atoms with Crippen molar-refractivity contribution in [2.45, 2.75) is 19.4 Å². The van der Waals surface area contributed by atoms with Gasteiger partial charge in [-0.3, -0.25) is 4.98 Å². The van der Waals surface area contributed by atoms with E-state index in [1.807, 2.05) is 20.0 Å². The van der Waals surface area contributed by atoms with Gasteiger partial charge >= 0.3 is 0 Å². The summed E-state index contributed by atoms with van der Waals surface area (Å²) in [7, 11) is -1.07. The molecule has 0 amide bonds. The van der Waals surface area contributed by atoms with Crippen molar-refractivity contribution in [1.82, 2.24) is 10.3 Å². The Hall–Kier alpha value is -0.940. The molecule has 1 N–H and O–H groups in total. The molecule has 1 unspecified atom stereocenters. The first-order chi connectivity index (χ1) is 7.44. The van der Waals surface area contributed by atoms with Crippen LogP contribution in [0, 0.1) is 6.92 Å². The normalized spacial score (nSPS) is 13.7. The van der Waals surface area contributed by atoms with E-state index in [4.69, 9.17) is 0 Å². The van der Waals surface area contributed by atoms with Crippen molar-refractivity contribution in [2.24, 2.45) is 0 Å². The van der Waals surface area contributed by atoms with E-state index in [1.54, 1.807) is 12.4 Å². The minimum Gasteiger partial charge on any atom is -0.313 e. The van der Waals surface area contributed by atoms with Crippen molar-refractivity contribution in [2.75, 3.05) is 19.1 Å². The molecule has 1 aromatic rings. The molecule has 0 saturated carbocycles. The van der Waals surface area contributed by atoms with Gasteiger partial charge in [0.05, 0.1) is 5.75 Å². The lowest BCUT2D eigenvalue weighted by Crippen LogP contribution is -2.20. The first-order valence-corrected chi connectivity index (χ1v) is 7.25. The van der Waals surface area contributed by atoms with Gasteiger partial charge in [0.2, 0.25) is 0 Å². The number of pyridine rings is 1. The zero-order valence-electron chi connectivity index (χ0n) is 9.90. The van der Waals surface area contributed by atoms with Crippen molar-refractivity contribution in [3.05, 3.63) is 29.6 Å². The number of nitrogens with zero attached hydrogens (tertiary/aromatic N) is 1. The van der Waals surface area contributed by atoms with Gasteiger partial charge in [-0.2, -0.15) is 0 Å². The standard InChI is InChI=1S/C11H18N2O2S/c1-9-8-13-6-4-10(9)11(12-2)5-7-16(3,14)15/h4,6,8,11-12H,5,7H2,1-3H3. The molecule has 4 nitrogen and oxygen atoms in total. The van der Waals surface area contributed by atoms with E-state index < -0.39 is 9.84 Å². The predicted octanol–water partition coefficient (Wildman–Crippen LogP) is 1.09. The fraction of sp³-hybridized carbons (Fsp3) is 0.545. The minimum absolute atomic E-state index is 0.0673. The number of sulfone groups is 1. The highest BCUT2D eigenvalue weighted by atomic mass is 32.2. The molecule has 1 heterocycles. The largest absolute Gasteiger partial charge is 0.313 e. The second-order valence-electron chi connectivity index (χ2n) is 3.99. The third-order valence-corrected chi connectivity index (χ3v) is 3.54. The van der Waals surface area contributed by atoms with Crippen LogP contribution in [0.3, 0.4) is 0 Å². The molecule has 0 spiro atoms. The highest BCUT2D eigenvalue weighted by Gasteiger charge is 2.14. The van der Waals surface area contributed by atoms with Gasteiger partial charge in [0.15, 0.2) is 0 Å². The maximum absolute atomic E-state index is 11.1.